The minimum absolute atomic E-state index is 0.00711. The minimum Gasteiger partial charge on any atom is -0.493 e. The van der Waals surface area contributed by atoms with E-state index in [9.17, 15) is 9.59 Å². The molecule has 0 saturated heterocycles. The predicted octanol–water partition coefficient (Wildman–Crippen LogP) is 1.97. The summed E-state index contributed by atoms with van der Waals surface area (Å²) < 4.78 is 12.1. The summed E-state index contributed by atoms with van der Waals surface area (Å²) >= 11 is 0. The molecular formula is C20H25N3O4. The van der Waals surface area contributed by atoms with Crippen LogP contribution in [0, 0.1) is 0 Å². The molecule has 1 aromatic carbocycles. The van der Waals surface area contributed by atoms with Crippen LogP contribution >= 0.6 is 0 Å². The average Bonchev–Trinajstić information content (AvgIpc) is 2.67. The van der Waals surface area contributed by atoms with Gasteiger partial charge in [0.2, 0.25) is 5.91 Å². The second-order valence-corrected chi connectivity index (χ2v) is 6.98. The Hall–Kier alpha value is -2.83. The Labute approximate surface area is 158 Å². The summed E-state index contributed by atoms with van der Waals surface area (Å²) in [7, 11) is 3.20. The first-order valence-electron chi connectivity index (χ1n) is 9.00. The van der Waals surface area contributed by atoms with Crippen LogP contribution < -0.4 is 15.0 Å². The Bertz CT molecular complexity index is 905. The Morgan fingerprint density at radius 2 is 1.81 bits per heavy atom. The molecule has 0 bridgehead atoms. The molecule has 0 aliphatic carbocycles. The van der Waals surface area contributed by atoms with E-state index in [1.54, 1.807) is 19.1 Å². The van der Waals surface area contributed by atoms with Crippen LogP contribution in [0.4, 0.5) is 0 Å². The zero-order valence-electron chi connectivity index (χ0n) is 16.2. The van der Waals surface area contributed by atoms with E-state index < -0.39 is 0 Å². The van der Waals surface area contributed by atoms with E-state index >= 15 is 0 Å². The van der Waals surface area contributed by atoms with E-state index in [-0.39, 0.29) is 23.9 Å². The molecule has 0 atom stereocenters. The molecule has 0 unspecified atom stereocenters. The van der Waals surface area contributed by atoms with Crippen LogP contribution in [0.25, 0.3) is 0 Å². The Kier molecular flexibility index (Phi) is 5.48. The number of hydrogen-bond donors (Lipinski definition) is 0. The lowest BCUT2D eigenvalue weighted by Gasteiger charge is -2.29. The number of aromatic nitrogens is 2. The predicted molar refractivity (Wildman–Crippen MR) is 101 cm³/mol. The van der Waals surface area contributed by atoms with Crippen molar-refractivity contribution in [3.8, 4) is 11.5 Å². The van der Waals surface area contributed by atoms with Crippen molar-refractivity contribution < 1.29 is 14.3 Å². The van der Waals surface area contributed by atoms with Crippen LogP contribution in [0.2, 0.25) is 0 Å². The molecule has 3 rings (SSSR count). The maximum absolute atomic E-state index is 12.7. The third kappa shape index (κ3) is 3.97. The van der Waals surface area contributed by atoms with Gasteiger partial charge in [-0.2, -0.15) is 0 Å². The van der Waals surface area contributed by atoms with Crippen LogP contribution in [0.3, 0.4) is 0 Å². The van der Waals surface area contributed by atoms with Crippen molar-refractivity contribution in [1.82, 2.24) is 14.5 Å². The smallest absolute Gasteiger partial charge is 0.254 e. The lowest BCUT2D eigenvalue weighted by Crippen LogP contribution is -2.39. The Morgan fingerprint density at radius 1 is 1.15 bits per heavy atom. The SMILES string of the molecule is COc1cc2c(cc1OC)CN(C(=O)Cn1cnc(C(C)C)cc1=O)CC2. The van der Waals surface area contributed by atoms with Gasteiger partial charge in [-0.1, -0.05) is 13.8 Å². The number of fused-ring (bicyclic) bond motifs is 1. The first-order chi connectivity index (χ1) is 12.9. The van der Waals surface area contributed by atoms with Gasteiger partial charge < -0.3 is 14.4 Å². The van der Waals surface area contributed by atoms with Gasteiger partial charge >= 0.3 is 0 Å². The standard InChI is InChI=1S/C20H25N3O4/c1-13(2)16-9-19(24)23(12-21-16)11-20(25)22-6-5-14-7-17(26-3)18(27-4)8-15(14)10-22/h7-9,12-13H,5-6,10-11H2,1-4H3. The summed E-state index contributed by atoms with van der Waals surface area (Å²) in [6.45, 7) is 5.04. The maximum Gasteiger partial charge on any atom is 0.254 e. The molecule has 0 spiro atoms. The van der Waals surface area contributed by atoms with Gasteiger partial charge in [-0.3, -0.25) is 14.2 Å². The third-order valence-electron chi connectivity index (χ3n) is 4.87. The van der Waals surface area contributed by atoms with E-state index in [2.05, 4.69) is 4.98 Å². The molecule has 144 valence electrons. The third-order valence-corrected chi connectivity index (χ3v) is 4.87. The van der Waals surface area contributed by atoms with Crippen molar-refractivity contribution in [2.24, 2.45) is 0 Å². The highest BCUT2D eigenvalue weighted by Crippen LogP contribution is 2.33. The number of amides is 1. The van der Waals surface area contributed by atoms with E-state index in [1.165, 1.54) is 17.0 Å². The molecule has 0 fully saturated rings. The highest BCUT2D eigenvalue weighted by molar-refractivity contribution is 5.76. The first kappa shape index (κ1) is 18.9. The second-order valence-electron chi connectivity index (χ2n) is 6.98. The monoisotopic (exact) mass is 371 g/mol. The van der Waals surface area contributed by atoms with Gasteiger partial charge in [0, 0.05) is 19.2 Å². The number of rotatable bonds is 5. The van der Waals surface area contributed by atoms with Crippen molar-refractivity contribution >= 4 is 5.91 Å². The van der Waals surface area contributed by atoms with Crippen molar-refractivity contribution in [3.63, 3.8) is 0 Å². The van der Waals surface area contributed by atoms with Crippen LogP contribution in [0.1, 0.15) is 36.6 Å². The molecule has 1 aliphatic rings. The van der Waals surface area contributed by atoms with Gasteiger partial charge in [0.05, 0.1) is 26.2 Å². The molecule has 0 saturated carbocycles. The van der Waals surface area contributed by atoms with E-state index in [0.29, 0.717) is 24.6 Å². The summed E-state index contributed by atoms with van der Waals surface area (Å²) in [5.41, 5.74) is 2.72. The largest absolute Gasteiger partial charge is 0.493 e. The summed E-state index contributed by atoms with van der Waals surface area (Å²) in [5.74, 6) is 1.42. The lowest BCUT2D eigenvalue weighted by atomic mass is 9.98. The molecule has 0 N–H and O–H groups in total. The molecule has 1 amide bonds. The summed E-state index contributed by atoms with van der Waals surface area (Å²) in [6.07, 6.45) is 2.20. The van der Waals surface area contributed by atoms with Gasteiger partial charge in [0.1, 0.15) is 6.54 Å². The highest BCUT2D eigenvalue weighted by Gasteiger charge is 2.23. The van der Waals surface area contributed by atoms with Gasteiger partial charge in [-0.25, -0.2) is 4.98 Å². The molecule has 1 aliphatic heterocycles. The van der Waals surface area contributed by atoms with Gasteiger partial charge in [0.25, 0.3) is 5.56 Å². The second kappa shape index (κ2) is 7.82. The Balaban J connectivity index is 1.75. The number of ether oxygens (including phenoxy) is 2. The zero-order valence-corrected chi connectivity index (χ0v) is 16.2. The van der Waals surface area contributed by atoms with Crippen molar-refractivity contribution in [2.75, 3.05) is 20.8 Å². The fraction of sp³-hybridized carbons (Fsp3) is 0.450. The average molecular weight is 371 g/mol. The van der Waals surface area contributed by atoms with Crippen molar-refractivity contribution in [1.29, 1.82) is 0 Å². The summed E-state index contributed by atoms with van der Waals surface area (Å²) in [4.78, 5) is 31.0. The van der Waals surface area contributed by atoms with Crippen LogP contribution in [-0.2, 0) is 24.3 Å². The van der Waals surface area contributed by atoms with E-state index in [1.807, 2.05) is 26.0 Å². The van der Waals surface area contributed by atoms with Crippen LogP contribution in [-0.4, -0.2) is 41.1 Å². The number of methoxy groups -OCH3 is 2. The fourth-order valence-electron chi connectivity index (χ4n) is 3.22. The van der Waals surface area contributed by atoms with Gasteiger partial charge in [-0.15, -0.1) is 0 Å². The molecule has 7 heteroatoms. The number of hydrogen-bond acceptors (Lipinski definition) is 5. The maximum atomic E-state index is 12.7. The normalized spacial score (nSPS) is 13.4. The van der Waals surface area contributed by atoms with E-state index in [4.69, 9.17) is 9.47 Å². The molecule has 2 aromatic rings. The van der Waals surface area contributed by atoms with E-state index in [0.717, 1.165) is 23.2 Å². The minimum atomic E-state index is -0.203. The molecule has 0 radical (unpaired) electrons. The quantitative estimate of drug-likeness (QED) is 0.803. The highest BCUT2D eigenvalue weighted by atomic mass is 16.5. The summed E-state index contributed by atoms with van der Waals surface area (Å²) in [6, 6.07) is 5.38. The Morgan fingerprint density at radius 3 is 2.41 bits per heavy atom. The lowest BCUT2D eigenvalue weighted by molar-refractivity contribution is -0.132. The van der Waals surface area contributed by atoms with Gasteiger partial charge in [-0.05, 0) is 35.6 Å². The summed E-state index contributed by atoms with van der Waals surface area (Å²) in [5, 5.41) is 0. The number of carbonyl (C=O) groups is 1. The van der Waals surface area contributed by atoms with Crippen LogP contribution in [0.5, 0.6) is 11.5 Å². The van der Waals surface area contributed by atoms with Crippen molar-refractivity contribution in [3.05, 3.63) is 51.7 Å². The van der Waals surface area contributed by atoms with Crippen LogP contribution in [0.15, 0.2) is 29.3 Å². The number of benzene rings is 1. The molecular weight excluding hydrogens is 346 g/mol. The molecule has 1 aromatic heterocycles. The fourth-order valence-corrected chi connectivity index (χ4v) is 3.22. The van der Waals surface area contributed by atoms with Gasteiger partial charge in [0.15, 0.2) is 11.5 Å². The molecule has 27 heavy (non-hydrogen) atoms. The first-order valence-corrected chi connectivity index (χ1v) is 9.00. The molecule has 2 heterocycles. The number of nitrogens with zero attached hydrogens (tertiary/aromatic N) is 3. The topological polar surface area (TPSA) is 73.7 Å². The molecule has 7 nitrogen and oxygen atoms in total. The number of carbonyl (C=O) groups excluding carboxylic acids is 1. The zero-order chi connectivity index (χ0) is 19.6. The van der Waals surface area contributed by atoms with Crippen molar-refractivity contribution in [2.45, 2.75) is 39.3 Å².